The molecule has 0 aromatic heterocycles. The van der Waals surface area contributed by atoms with Crippen molar-refractivity contribution in [2.24, 2.45) is 17.8 Å². The van der Waals surface area contributed by atoms with E-state index >= 15 is 0 Å². The van der Waals surface area contributed by atoms with E-state index in [2.05, 4.69) is 0 Å². The highest BCUT2D eigenvalue weighted by Gasteiger charge is 2.52. The summed E-state index contributed by atoms with van der Waals surface area (Å²) in [5.41, 5.74) is 0. The minimum atomic E-state index is -0.829. The smallest absolute Gasteiger partial charge is 0.305 e. The van der Waals surface area contributed by atoms with Crippen molar-refractivity contribution in [2.45, 2.75) is 44.6 Å². The monoisotopic (exact) mass is 281 g/mol. The maximum absolute atomic E-state index is 12.7. The van der Waals surface area contributed by atoms with Gasteiger partial charge in [0.1, 0.15) is 0 Å². The summed E-state index contributed by atoms with van der Waals surface area (Å²) in [4.78, 5) is 25.3. The summed E-state index contributed by atoms with van der Waals surface area (Å²) in [7, 11) is 0. The number of carbonyl (C=O) groups excluding carboxylic acids is 1. The summed E-state index contributed by atoms with van der Waals surface area (Å²) in [5, 5.41) is 8.88. The first-order valence-electron chi connectivity index (χ1n) is 7.77. The Balaban J connectivity index is 1.60. The molecule has 1 N–H and O–H groups in total. The highest BCUT2D eigenvalue weighted by Crippen LogP contribution is 2.55. The van der Waals surface area contributed by atoms with Gasteiger partial charge in [0.2, 0.25) is 5.91 Å². The lowest BCUT2D eigenvalue weighted by atomic mass is 10.1. The van der Waals surface area contributed by atoms with Gasteiger partial charge in [-0.25, -0.2) is 0 Å². The number of nitrogens with zero attached hydrogens (tertiary/aromatic N) is 1. The van der Waals surface area contributed by atoms with E-state index in [0.29, 0.717) is 25.7 Å². The molecule has 0 aromatic rings. The van der Waals surface area contributed by atoms with Gasteiger partial charge in [-0.05, 0) is 43.9 Å². The Bertz CT molecular complexity index is 387. The Labute approximate surface area is 119 Å². The molecule has 112 valence electrons. The fraction of sp³-hybridized carbons (Fsp3) is 0.867. The predicted molar refractivity (Wildman–Crippen MR) is 72.1 cm³/mol. The van der Waals surface area contributed by atoms with Crippen LogP contribution in [0.5, 0.6) is 0 Å². The molecular weight excluding hydrogens is 258 g/mol. The second-order valence-corrected chi connectivity index (χ2v) is 6.36. The van der Waals surface area contributed by atoms with E-state index in [9.17, 15) is 9.59 Å². The van der Waals surface area contributed by atoms with Crippen molar-refractivity contribution in [1.82, 2.24) is 4.90 Å². The minimum absolute atomic E-state index is 0.0455. The van der Waals surface area contributed by atoms with Crippen LogP contribution in [0.1, 0.15) is 38.5 Å². The molecule has 0 bridgehead atoms. The van der Waals surface area contributed by atoms with Gasteiger partial charge in [-0.1, -0.05) is 0 Å². The predicted octanol–water partition coefficient (Wildman–Crippen LogP) is 1.51. The van der Waals surface area contributed by atoms with Crippen LogP contribution in [-0.4, -0.2) is 47.7 Å². The largest absolute Gasteiger partial charge is 0.481 e. The first-order valence-corrected chi connectivity index (χ1v) is 7.77. The molecule has 3 fully saturated rings. The van der Waals surface area contributed by atoms with E-state index < -0.39 is 5.97 Å². The molecule has 2 aliphatic carbocycles. The van der Waals surface area contributed by atoms with Gasteiger partial charge in [0.05, 0.1) is 6.42 Å². The maximum Gasteiger partial charge on any atom is 0.305 e. The second kappa shape index (κ2) is 5.72. The summed E-state index contributed by atoms with van der Waals surface area (Å²) in [6.45, 7) is 1.71. The summed E-state index contributed by atoms with van der Waals surface area (Å²) in [6, 6.07) is 0.177. The number of carbonyl (C=O) groups is 2. The fourth-order valence-electron chi connectivity index (χ4n) is 3.44. The lowest BCUT2D eigenvalue weighted by Gasteiger charge is -2.34. The zero-order valence-electron chi connectivity index (χ0n) is 11.8. The Kier molecular flexibility index (Phi) is 3.96. The van der Waals surface area contributed by atoms with E-state index in [1.165, 1.54) is 12.8 Å². The Hall–Kier alpha value is -1.10. The van der Waals surface area contributed by atoms with Crippen molar-refractivity contribution in [1.29, 1.82) is 0 Å². The summed E-state index contributed by atoms with van der Waals surface area (Å²) < 4.78 is 5.35. The highest BCUT2D eigenvalue weighted by molar-refractivity contribution is 5.82. The van der Waals surface area contributed by atoms with Crippen LogP contribution in [0.3, 0.4) is 0 Å². The molecule has 2 saturated carbocycles. The van der Waals surface area contributed by atoms with Gasteiger partial charge in [0.15, 0.2) is 0 Å². The number of hydrogen-bond acceptors (Lipinski definition) is 3. The zero-order valence-corrected chi connectivity index (χ0v) is 11.8. The second-order valence-electron chi connectivity index (χ2n) is 6.36. The molecule has 0 spiro atoms. The van der Waals surface area contributed by atoms with E-state index in [4.69, 9.17) is 9.84 Å². The van der Waals surface area contributed by atoms with Crippen LogP contribution in [-0.2, 0) is 14.3 Å². The third-order valence-corrected chi connectivity index (χ3v) is 4.87. The number of rotatable bonds is 6. The van der Waals surface area contributed by atoms with Gasteiger partial charge in [-0.2, -0.15) is 0 Å². The Morgan fingerprint density at radius 2 is 1.85 bits per heavy atom. The summed E-state index contributed by atoms with van der Waals surface area (Å²) in [6.07, 6.45) is 5.31. The first kappa shape index (κ1) is 13.9. The minimum Gasteiger partial charge on any atom is -0.481 e. The van der Waals surface area contributed by atoms with E-state index in [-0.39, 0.29) is 24.3 Å². The molecule has 0 radical (unpaired) electrons. The van der Waals surface area contributed by atoms with Crippen molar-refractivity contribution < 1.29 is 19.4 Å². The van der Waals surface area contributed by atoms with Gasteiger partial charge >= 0.3 is 5.97 Å². The normalized spacial score (nSPS) is 30.0. The number of carboxylic acid groups (broad SMARTS) is 1. The zero-order chi connectivity index (χ0) is 14.1. The molecule has 1 heterocycles. The quantitative estimate of drug-likeness (QED) is 0.801. The molecule has 1 aliphatic heterocycles. The summed E-state index contributed by atoms with van der Waals surface area (Å²) >= 11 is 0. The highest BCUT2D eigenvalue weighted by atomic mass is 16.5. The van der Waals surface area contributed by atoms with Crippen molar-refractivity contribution in [3.05, 3.63) is 0 Å². The molecule has 2 unspecified atom stereocenters. The van der Waals surface area contributed by atoms with Gasteiger partial charge < -0.3 is 14.7 Å². The van der Waals surface area contributed by atoms with E-state index in [1.54, 1.807) is 0 Å². The van der Waals surface area contributed by atoms with Crippen molar-refractivity contribution in [2.75, 3.05) is 19.8 Å². The molecule has 2 atom stereocenters. The van der Waals surface area contributed by atoms with Crippen molar-refractivity contribution in [3.63, 3.8) is 0 Å². The van der Waals surface area contributed by atoms with Gasteiger partial charge in [0.25, 0.3) is 0 Å². The van der Waals surface area contributed by atoms with Crippen LogP contribution in [0.25, 0.3) is 0 Å². The van der Waals surface area contributed by atoms with Gasteiger partial charge in [-0.3, -0.25) is 9.59 Å². The summed E-state index contributed by atoms with van der Waals surface area (Å²) in [5.74, 6) is 0.924. The van der Waals surface area contributed by atoms with E-state index in [1.807, 2.05) is 4.90 Å². The Morgan fingerprint density at radius 3 is 2.45 bits per heavy atom. The molecule has 20 heavy (non-hydrogen) atoms. The molecule has 0 aromatic carbocycles. The fourth-order valence-corrected chi connectivity index (χ4v) is 3.44. The van der Waals surface area contributed by atoms with Crippen LogP contribution < -0.4 is 0 Å². The van der Waals surface area contributed by atoms with Crippen LogP contribution >= 0.6 is 0 Å². The molecule has 3 rings (SSSR count). The third-order valence-electron chi connectivity index (χ3n) is 4.87. The first-order chi connectivity index (χ1) is 9.66. The molecule has 1 saturated heterocycles. The topological polar surface area (TPSA) is 66.8 Å². The number of hydrogen-bond donors (Lipinski definition) is 1. The number of aliphatic carboxylic acids is 1. The number of carboxylic acids is 1. The SMILES string of the molecule is O=C(O)CCN(C(=O)C1CC1C1CC1)C1CCOCC1. The van der Waals surface area contributed by atoms with Crippen molar-refractivity contribution in [3.8, 4) is 0 Å². The molecule has 5 nitrogen and oxygen atoms in total. The molecular formula is C15H23NO4. The van der Waals surface area contributed by atoms with Crippen LogP contribution in [0.4, 0.5) is 0 Å². The van der Waals surface area contributed by atoms with E-state index in [0.717, 1.165) is 25.2 Å². The maximum atomic E-state index is 12.7. The van der Waals surface area contributed by atoms with Gasteiger partial charge in [0, 0.05) is 31.7 Å². The average molecular weight is 281 g/mol. The molecule has 1 amide bonds. The van der Waals surface area contributed by atoms with Crippen LogP contribution in [0, 0.1) is 17.8 Å². The third kappa shape index (κ3) is 3.14. The van der Waals surface area contributed by atoms with Crippen LogP contribution in [0.2, 0.25) is 0 Å². The lowest BCUT2D eigenvalue weighted by molar-refractivity contribution is -0.141. The lowest BCUT2D eigenvalue weighted by Crippen LogP contribution is -2.45. The molecule has 5 heteroatoms. The van der Waals surface area contributed by atoms with Crippen LogP contribution in [0.15, 0.2) is 0 Å². The number of ether oxygens (including phenoxy) is 1. The number of amides is 1. The van der Waals surface area contributed by atoms with Crippen molar-refractivity contribution >= 4 is 11.9 Å². The van der Waals surface area contributed by atoms with Gasteiger partial charge in [-0.15, -0.1) is 0 Å². The average Bonchev–Trinajstić information content (AvgIpc) is 3.29. The Morgan fingerprint density at radius 1 is 1.15 bits per heavy atom. The molecule has 3 aliphatic rings. The standard InChI is InChI=1S/C15H23NO4/c17-14(18)3-6-16(11-4-7-20-8-5-11)15(19)13-9-12(13)10-1-2-10/h10-13H,1-9H2,(H,17,18).